The third-order valence-electron chi connectivity index (χ3n) is 3.67. The van der Waals surface area contributed by atoms with Crippen molar-refractivity contribution in [2.24, 2.45) is 0 Å². The molecule has 0 bridgehead atoms. The van der Waals surface area contributed by atoms with E-state index in [4.69, 9.17) is 14.7 Å². The minimum Gasteiger partial charge on any atom is -0.497 e. The maximum absolute atomic E-state index is 12.4. The van der Waals surface area contributed by atoms with E-state index in [1.165, 1.54) is 26.0 Å². The van der Waals surface area contributed by atoms with E-state index in [0.29, 0.717) is 28.4 Å². The minimum atomic E-state index is -0.381. The third kappa shape index (κ3) is 4.51. The monoisotopic (exact) mass is 353 g/mol. The molecule has 2 aromatic carbocycles. The molecular formula is C19H19N3O4. The van der Waals surface area contributed by atoms with Crippen LogP contribution in [0.25, 0.3) is 0 Å². The molecule has 0 aliphatic carbocycles. The lowest BCUT2D eigenvalue weighted by atomic mass is 10.2. The van der Waals surface area contributed by atoms with E-state index in [0.717, 1.165) is 0 Å². The van der Waals surface area contributed by atoms with Gasteiger partial charge in [0.05, 0.1) is 31.5 Å². The third-order valence-corrected chi connectivity index (χ3v) is 3.67. The predicted molar refractivity (Wildman–Crippen MR) is 97.4 cm³/mol. The number of carbonyl (C=O) groups excluding carboxylic acids is 2. The van der Waals surface area contributed by atoms with Crippen molar-refractivity contribution in [2.75, 3.05) is 31.0 Å². The van der Waals surface area contributed by atoms with E-state index in [-0.39, 0.29) is 18.4 Å². The number of rotatable bonds is 6. The normalized spacial score (nSPS) is 9.77. The summed E-state index contributed by atoms with van der Waals surface area (Å²) in [6.45, 7) is 1.20. The number of anilines is 2. The maximum atomic E-state index is 12.4. The second-order valence-electron chi connectivity index (χ2n) is 5.38. The lowest BCUT2D eigenvalue weighted by Crippen LogP contribution is -2.36. The summed E-state index contributed by atoms with van der Waals surface area (Å²) in [4.78, 5) is 25.7. The van der Waals surface area contributed by atoms with Crippen LogP contribution < -0.4 is 19.7 Å². The molecule has 0 radical (unpaired) electrons. The Morgan fingerprint density at radius 2 is 1.81 bits per heavy atom. The van der Waals surface area contributed by atoms with Gasteiger partial charge in [-0.05, 0) is 36.4 Å². The lowest BCUT2D eigenvalue weighted by Gasteiger charge is -2.21. The summed E-state index contributed by atoms with van der Waals surface area (Å²) < 4.78 is 10.4. The topological polar surface area (TPSA) is 91.7 Å². The van der Waals surface area contributed by atoms with Crippen LogP contribution in [0.5, 0.6) is 11.5 Å². The summed E-state index contributed by atoms with van der Waals surface area (Å²) in [5, 5.41) is 11.6. The Hall–Kier alpha value is -3.53. The van der Waals surface area contributed by atoms with E-state index in [1.54, 1.807) is 42.5 Å². The second-order valence-corrected chi connectivity index (χ2v) is 5.38. The Morgan fingerprint density at radius 1 is 1.12 bits per heavy atom. The van der Waals surface area contributed by atoms with E-state index < -0.39 is 0 Å². The maximum Gasteiger partial charge on any atom is 0.244 e. The zero-order valence-corrected chi connectivity index (χ0v) is 14.8. The Kier molecular flexibility index (Phi) is 6.17. The Bertz CT molecular complexity index is 841. The molecule has 0 atom stereocenters. The molecule has 0 aliphatic heterocycles. The van der Waals surface area contributed by atoms with E-state index in [2.05, 4.69) is 5.32 Å². The molecule has 0 saturated carbocycles. The number of nitriles is 1. The van der Waals surface area contributed by atoms with Crippen LogP contribution in [0.15, 0.2) is 42.5 Å². The largest absolute Gasteiger partial charge is 0.497 e. The second kappa shape index (κ2) is 8.53. The van der Waals surface area contributed by atoms with Crippen LogP contribution in [0.2, 0.25) is 0 Å². The fraction of sp³-hybridized carbons (Fsp3) is 0.211. The molecule has 26 heavy (non-hydrogen) atoms. The van der Waals surface area contributed by atoms with Crippen LogP contribution >= 0.6 is 0 Å². The number of carbonyl (C=O) groups is 2. The molecule has 0 saturated heterocycles. The highest BCUT2D eigenvalue weighted by Crippen LogP contribution is 2.29. The van der Waals surface area contributed by atoms with Gasteiger partial charge in [0.2, 0.25) is 11.8 Å². The molecule has 134 valence electrons. The number of amides is 2. The highest BCUT2D eigenvalue weighted by molar-refractivity contribution is 6.02. The first-order valence-corrected chi connectivity index (χ1v) is 7.78. The number of hydrogen-bond donors (Lipinski definition) is 1. The fourth-order valence-electron chi connectivity index (χ4n) is 2.34. The van der Waals surface area contributed by atoms with Gasteiger partial charge in [0.25, 0.3) is 0 Å². The van der Waals surface area contributed by atoms with Gasteiger partial charge in [0.1, 0.15) is 18.0 Å². The first kappa shape index (κ1) is 18.8. The van der Waals surface area contributed by atoms with Gasteiger partial charge < -0.3 is 19.7 Å². The van der Waals surface area contributed by atoms with Crippen LogP contribution in [0.3, 0.4) is 0 Å². The van der Waals surface area contributed by atoms with Crippen molar-refractivity contribution in [3.8, 4) is 17.6 Å². The first-order valence-electron chi connectivity index (χ1n) is 7.78. The predicted octanol–water partition coefficient (Wildman–Crippen LogP) is 2.57. The molecule has 0 aliphatic rings. The van der Waals surface area contributed by atoms with Gasteiger partial charge in [0.15, 0.2) is 0 Å². The number of benzene rings is 2. The van der Waals surface area contributed by atoms with Gasteiger partial charge >= 0.3 is 0 Å². The van der Waals surface area contributed by atoms with Crippen LogP contribution in [-0.2, 0) is 9.59 Å². The van der Waals surface area contributed by atoms with E-state index in [1.807, 2.05) is 6.07 Å². The summed E-state index contributed by atoms with van der Waals surface area (Å²) in [6.07, 6.45) is 0. The highest BCUT2D eigenvalue weighted by atomic mass is 16.5. The zero-order chi connectivity index (χ0) is 19.1. The van der Waals surface area contributed by atoms with Gasteiger partial charge in [-0.2, -0.15) is 5.26 Å². The summed E-state index contributed by atoms with van der Waals surface area (Å²) in [7, 11) is 3.03. The number of nitrogens with one attached hydrogen (secondary N) is 1. The standard InChI is InChI=1S/C19H19N3O4/c1-13(23)22(15-6-4-14(11-20)5-7-15)12-19(24)21-17-9-8-16(25-2)10-18(17)26-3/h4-10H,12H2,1-3H3,(H,21,24). The number of nitrogens with zero attached hydrogens (tertiary/aromatic N) is 2. The lowest BCUT2D eigenvalue weighted by molar-refractivity contribution is -0.120. The fourth-order valence-corrected chi connectivity index (χ4v) is 2.34. The average Bonchev–Trinajstić information content (AvgIpc) is 2.66. The average molecular weight is 353 g/mol. The highest BCUT2D eigenvalue weighted by Gasteiger charge is 2.17. The molecule has 7 heteroatoms. The van der Waals surface area contributed by atoms with Gasteiger partial charge in [-0.1, -0.05) is 0 Å². The molecule has 0 spiro atoms. The van der Waals surface area contributed by atoms with Crippen LogP contribution in [0.1, 0.15) is 12.5 Å². The van der Waals surface area contributed by atoms with Crippen molar-refractivity contribution in [1.82, 2.24) is 0 Å². The number of methoxy groups -OCH3 is 2. The molecule has 0 aromatic heterocycles. The molecule has 0 unspecified atom stereocenters. The molecule has 2 rings (SSSR count). The zero-order valence-electron chi connectivity index (χ0n) is 14.8. The van der Waals surface area contributed by atoms with E-state index in [9.17, 15) is 9.59 Å². The molecular weight excluding hydrogens is 334 g/mol. The molecule has 7 nitrogen and oxygen atoms in total. The molecule has 0 fully saturated rings. The van der Waals surface area contributed by atoms with Crippen LogP contribution in [0.4, 0.5) is 11.4 Å². The van der Waals surface area contributed by atoms with E-state index >= 15 is 0 Å². The summed E-state index contributed by atoms with van der Waals surface area (Å²) in [5.74, 6) is 0.382. The van der Waals surface area contributed by atoms with Gasteiger partial charge in [0, 0.05) is 18.7 Å². The molecule has 0 heterocycles. The molecule has 1 N–H and O–H groups in total. The van der Waals surface area contributed by atoms with Crippen LogP contribution in [0, 0.1) is 11.3 Å². The van der Waals surface area contributed by atoms with Crippen molar-refractivity contribution >= 4 is 23.2 Å². The minimum absolute atomic E-state index is 0.170. The first-order chi connectivity index (χ1) is 12.5. The Morgan fingerprint density at radius 3 is 2.35 bits per heavy atom. The van der Waals surface area contributed by atoms with Crippen molar-refractivity contribution in [2.45, 2.75) is 6.92 Å². The summed E-state index contributed by atoms with van der Waals surface area (Å²) in [6, 6.07) is 13.5. The van der Waals surface area contributed by atoms with Crippen molar-refractivity contribution in [3.05, 3.63) is 48.0 Å². The van der Waals surface area contributed by atoms with Gasteiger partial charge in [-0.25, -0.2) is 0 Å². The number of ether oxygens (including phenoxy) is 2. The SMILES string of the molecule is COc1ccc(NC(=O)CN(C(C)=O)c2ccc(C#N)cc2)c(OC)c1. The van der Waals surface area contributed by atoms with Crippen molar-refractivity contribution in [3.63, 3.8) is 0 Å². The van der Waals surface area contributed by atoms with Crippen LogP contribution in [-0.4, -0.2) is 32.6 Å². The van der Waals surface area contributed by atoms with Crippen molar-refractivity contribution in [1.29, 1.82) is 5.26 Å². The van der Waals surface area contributed by atoms with Crippen molar-refractivity contribution < 1.29 is 19.1 Å². The van der Waals surface area contributed by atoms with Gasteiger partial charge in [-0.15, -0.1) is 0 Å². The number of hydrogen-bond acceptors (Lipinski definition) is 5. The quantitative estimate of drug-likeness (QED) is 0.862. The summed E-state index contributed by atoms with van der Waals surface area (Å²) >= 11 is 0. The molecule has 2 amide bonds. The molecule has 2 aromatic rings. The Balaban J connectivity index is 2.15. The van der Waals surface area contributed by atoms with Gasteiger partial charge in [-0.3, -0.25) is 9.59 Å². The smallest absolute Gasteiger partial charge is 0.244 e. The Labute approximate surface area is 151 Å². The summed E-state index contributed by atoms with van der Waals surface area (Å²) in [5.41, 5.74) is 1.49.